The maximum atomic E-state index is 12.3. The summed E-state index contributed by atoms with van der Waals surface area (Å²) in [4.78, 5) is 25.2. The molecule has 0 atom stereocenters. The average Bonchev–Trinajstić information content (AvgIpc) is 3.17. The summed E-state index contributed by atoms with van der Waals surface area (Å²) in [6.45, 7) is 2.09. The van der Waals surface area contributed by atoms with Gasteiger partial charge in [-0.15, -0.1) is 11.3 Å². The fourth-order valence-electron chi connectivity index (χ4n) is 3.01. The average molecular weight is 357 g/mol. The summed E-state index contributed by atoms with van der Waals surface area (Å²) < 4.78 is 0. The molecular formula is C19H23N3O2S. The fraction of sp³-hybridized carbons (Fsp3) is 0.368. The molecule has 0 saturated carbocycles. The van der Waals surface area contributed by atoms with Gasteiger partial charge in [0.1, 0.15) is 0 Å². The molecule has 0 radical (unpaired) electrons. The highest BCUT2D eigenvalue weighted by molar-refractivity contribution is 7.12. The number of nitrogens with one attached hydrogen (secondary N) is 3. The van der Waals surface area contributed by atoms with E-state index in [0.29, 0.717) is 28.6 Å². The fourth-order valence-corrected chi connectivity index (χ4v) is 3.63. The molecule has 1 aromatic carbocycles. The zero-order chi connectivity index (χ0) is 17.5. The third-order valence-corrected chi connectivity index (χ3v) is 5.30. The molecule has 3 rings (SSSR count). The van der Waals surface area contributed by atoms with Gasteiger partial charge in [-0.25, -0.2) is 0 Å². The van der Waals surface area contributed by atoms with E-state index in [0.717, 1.165) is 32.4 Å². The number of thiophene rings is 1. The number of carbonyl (C=O) groups excluding carboxylic acids is 2. The minimum atomic E-state index is -0.161. The highest BCUT2D eigenvalue weighted by atomic mass is 32.1. The Morgan fingerprint density at radius 2 is 1.76 bits per heavy atom. The van der Waals surface area contributed by atoms with Gasteiger partial charge >= 0.3 is 0 Å². The highest BCUT2D eigenvalue weighted by Crippen LogP contribution is 2.24. The van der Waals surface area contributed by atoms with Crippen LogP contribution in [0.4, 0.5) is 11.4 Å². The zero-order valence-corrected chi connectivity index (χ0v) is 14.9. The lowest BCUT2D eigenvalue weighted by atomic mass is 9.93. The van der Waals surface area contributed by atoms with Crippen LogP contribution in [0, 0.1) is 5.92 Å². The molecule has 0 spiro atoms. The topological polar surface area (TPSA) is 70.2 Å². The van der Waals surface area contributed by atoms with Gasteiger partial charge in [0.15, 0.2) is 0 Å². The van der Waals surface area contributed by atoms with Crippen LogP contribution in [0.25, 0.3) is 0 Å². The van der Waals surface area contributed by atoms with Gasteiger partial charge in [-0.3, -0.25) is 9.59 Å². The minimum absolute atomic E-state index is 0.00337. The van der Waals surface area contributed by atoms with Crippen LogP contribution in [0.5, 0.6) is 0 Å². The standard InChI is InChI=1S/C19H23N3O2S/c23-18(8-7-14-9-11-20-12-10-14)21-15-4-1-2-5-16(15)22-19(24)17-6-3-13-25-17/h1-6,13-14,20H,7-12H2,(H,21,23)(H,22,24). The Morgan fingerprint density at radius 1 is 1.04 bits per heavy atom. The third kappa shape index (κ3) is 5.14. The Morgan fingerprint density at radius 3 is 2.44 bits per heavy atom. The van der Waals surface area contributed by atoms with Crippen molar-refractivity contribution in [1.82, 2.24) is 5.32 Å². The SMILES string of the molecule is O=C(CCC1CCNCC1)Nc1ccccc1NC(=O)c1cccs1. The first kappa shape index (κ1) is 17.6. The lowest BCUT2D eigenvalue weighted by molar-refractivity contribution is -0.116. The largest absolute Gasteiger partial charge is 0.324 e. The molecule has 3 N–H and O–H groups in total. The molecule has 5 nitrogen and oxygen atoms in total. The van der Waals surface area contributed by atoms with E-state index in [-0.39, 0.29) is 11.8 Å². The molecule has 0 aliphatic carbocycles. The number of benzene rings is 1. The van der Waals surface area contributed by atoms with Crippen LogP contribution < -0.4 is 16.0 Å². The quantitative estimate of drug-likeness (QED) is 0.738. The third-order valence-electron chi connectivity index (χ3n) is 4.43. The number of rotatable bonds is 6. The molecule has 2 heterocycles. The van der Waals surface area contributed by atoms with E-state index >= 15 is 0 Å². The maximum absolute atomic E-state index is 12.3. The molecule has 2 aromatic rings. The first-order chi connectivity index (χ1) is 12.2. The van der Waals surface area contributed by atoms with Gasteiger partial charge in [0, 0.05) is 6.42 Å². The normalized spacial score (nSPS) is 14.9. The molecule has 0 unspecified atom stereocenters. The first-order valence-electron chi connectivity index (χ1n) is 8.67. The predicted molar refractivity (Wildman–Crippen MR) is 102 cm³/mol. The second-order valence-electron chi connectivity index (χ2n) is 6.26. The van der Waals surface area contributed by atoms with Crippen molar-refractivity contribution in [1.29, 1.82) is 0 Å². The van der Waals surface area contributed by atoms with Gasteiger partial charge in [0.05, 0.1) is 16.3 Å². The smallest absolute Gasteiger partial charge is 0.265 e. The molecule has 1 aliphatic heterocycles. The number of para-hydroxylation sites is 2. The number of hydrogen-bond donors (Lipinski definition) is 3. The number of piperidine rings is 1. The summed E-state index contributed by atoms with van der Waals surface area (Å²) >= 11 is 1.39. The van der Waals surface area contributed by atoms with Crippen molar-refractivity contribution in [2.75, 3.05) is 23.7 Å². The van der Waals surface area contributed by atoms with Crippen molar-refractivity contribution >= 4 is 34.5 Å². The number of anilines is 2. The second kappa shape index (κ2) is 8.78. The van der Waals surface area contributed by atoms with E-state index in [1.807, 2.05) is 29.6 Å². The summed E-state index contributed by atoms with van der Waals surface area (Å²) in [6.07, 6.45) is 3.70. The van der Waals surface area contributed by atoms with Gasteiger partial charge in [0.25, 0.3) is 5.91 Å². The van der Waals surface area contributed by atoms with Crippen molar-refractivity contribution < 1.29 is 9.59 Å². The molecule has 25 heavy (non-hydrogen) atoms. The Balaban J connectivity index is 1.56. The van der Waals surface area contributed by atoms with E-state index in [9.17, 15) is 9.59 Å². The van der Waals surface area contributed by atoms with Crippen molar-refractivity contribution in [3.8, 4) is 0 Å². The number of hydrogen-bond acceptors (Lipinski definition) is 4. The van der Waals surface area contributed by atoms with E-state index in [1.54, 1.807) is 12.1 Å². The van der Waals surface area contributed by atoms with Crippen molar-refractivity contribution in [2.24, 2.45) is 5.92 Å². The Bertz CT molecular complexity index is 709. The van der Waals surface area contributed by atoms with Crippen LogP contribution in [0.1, 0.15) is 35.4 Å². The van der Waals surface area contributed by atoms with Gasteiger partial charge in [0.2, 0.25) is 5.91 Å². The van der Waals surface area contributed by atoms with Crippen LogP contribution in [-0.2, 0) is 4.79 Å². The van der Waals surface area contributed by atoms with Gasteiger partial charge in [-0.1, -0.05) is 18.2 Å². The second-order valence-corrected chi connectivity index (χ2v) is 7.20. The molecule has 1 aliphatic rings. The maximum Gasteiger partial charge on any atom is 0.265 e. The molecule has 2 amide bonds. The number of amides is 2. The van der Waals surface area contributed by atoms with Crippen LogP contribution in [-0.4, -0.2) is 24.9 Å². The zero-order valence-electron chi connectivity index (χ0n) is 14.1. The molecular weight excluding hydrogens is 334 g/mol. The van der Waals surface area contributed by atoms with Crippen molar-refractivity contribution in [3.05, 3.63) is 46.7 Å². The van der Waals surface area contributed by atoms with Gasteiger partial charge in [-0.2, -0.15) is 0 Å². The molecule has 1 saturated heterocycles. The van der Waals surface area contributed by atoms with Crippen molar-refractivity contribution in [2.45, 2.75) is 25.7 Å². The van der Waals surface area contributed by atoms with Crippen molar-refractivity contribution in [3.63, 3.8) is 0 Å². The van der Waals surface area contributed by atoms with E-state index in [4.69, 9.17) is 0 Å². The monoisotopic (exact) mass is 357 g/mol. The molecule has 1 fully saturated rings. The Kier molecular flexibility index (Phi) is 6.19. The van der Waals surface area contributed by atoms with Crippen LogP contribution in [0.15, 0.2) is 41.8 Å². The molecule has 6 heteroatoms. The highest BCUT2D eigenvalue weighted by Gasteiger charge is 2.16. The predicted octanol–water partition coefficient (Wildman–Crippen LogP) is 3.72. The lowest BCUT2D eigenvalue weighted by Gasteiger charge is -2.22. The van der Waals surface area contributed by atoms with E-state index in [2.05, 4.69) is 16.0 Å². The summed E-state index contributed by atoms with van der Waals surface area (Å²) in [6, 6.07) is 10.9. The summed E-state index contributed by atoms with van der Waals surface area (Å²) in [5, 5.41) is 11.0. The number of carbonyl (C=O) groups is 2. The first-order valence-corrected chi connectivity index (χ1v) is 9.55. The van der Waals surface area contributed by atoms with E-state index < -0.39 is 0 Å². The van der Waals surface area contributed by atoms with Crippen LogP contribution in [0.3, 0.4) is 0 Å². The van der Waals surface area contributed by atoms with Crippen LogP contribution in [0.2, 0.25) is 0 Å². The van der Waals surface area contributed by atoms with Gasteiger partial charge in [-0.05, 0) is 61.8 Å². The Hall–Kier alpha value is -2.18. The minimum Gasteiger partial charge on any atom is -0.324 e. The molecule has 132 valence electrons. The summed E-state index contributed by atoms with van der Waals surface area (Å²) in [5.74, 6) is 0.462. The van der Waals surface area contributed by atoms with Crippen LogP contribution >= 0.6 is 11.3 Å². The molecule has 0 bridgehead atoms. The Labute approximate surface area is 151 Å². The summed E-state index contributed by atoms with van der Waals surface area (Å²) in [5.41, 5.74) is 1.26. The van der Waals surface area contributed by atoms with E-state index in [1.165, 1.54) is 11.3 Å². The molecule has 1 aromatic heterocycles. The van der Waals surface area contributed by atoms with Gasteiger partial charge < -0.3 is 16.0 Å². The lowest BCUT2D eigenvalue weighted by Crippen LogP contribution is -2.28. The summed E-state index contributed by atoms with van der Waals surface area (Å²) in [7, 11) is 0.